The van der Waals surface area contributed by atoms with E-state index < -0.39 is 6.04 Å². The van der Waals surface area contributed by atoms with E-state index in [1.165, 1.54) is 0 Å². The Hall–Kier alpha value is -3.59. The van der Waals surface area contributed by atoms with Crippen molar-refractivity contribution in [1.29, 1.82) is 0 Å². The van der Waals surface area contributed by atoms with E-state index in [1.807, 2.05) is 35.4 Å². The van der Waals surface area contributed by atoms with Crippen LogP contribution in [0.15, 0.2) is 36.5 Å². The number of carbonyl (C=O) groups is 2. The van der Waals surface area contributed by atoms with E-state index in [1.54, 1.807) is 0 Å². The molecule has 0 spiro atoms. The molecule has 1 saturated heterocycles. The van der Waals surface area contributed by atoms with Gasteiger partial charge in [0.1, 0.15) is 18.1 Å². The molecule has 2 aromatic heterocycles. The molecule has 9 nitrogen and oxygen atoms in total. The Balaban J connectivity index is 1.49. The largest absolute Gasteiger partial charge is 0.365 e. The van der Waals surface area contributed by atoms with Crippen LogP contribution >= 0.6 is 0 Å². The molecule has 0 aliphatic carbocycles. The maximum absolute atomic E-state index is 12.0. The Bertz CT molecular complexity index is 1210. The first-order chi connectivity index (χ1) is 16.0. The number of carbonyl (C=O) groups excluding carboxylic acids is 2. The van der Waals surface area contributed by atoms with Gasteiger partial charge in [-0.1, -0.05) is 18.2 Å². The van der Waals surface area contributed by atoms with Crippen LogP contribution in [0.3, 0.4) is 0 Å². The third-order valence-electron chi connectivity index (χ3n) is 6.23. The third kappa shape index (κ3) is 4.11. The van der Waals surface area contributed by atoms with Crippen molar-refractivity contribution in [3.63, 3.8) is 0 Å². The lowest BCUT2D eigenvalue weighted by atomic mass is 10.1. The SMILES string of the molecule is CC(C)N1Cc2c(NCc3cnc4ccccc4c3)nc(N3CCNC(=O)C3)nc2C1C=O. The summed E-state index contributed by atoms with van der Waals surface area (Å²) in [6.07, 6.45) is 2.81. The van der Waals surface area contributed by atoms with Crippen LogP contribution in [0.4, 0.5) is 11.8 Å². The molecule has 0 radical (unpaired) electrons. The third-order valence-corrected chi connectivity index (χ3v) is 6.23. The molecule has 2 aliphatic heterocycles. The second-order valence-electron chi connectivity index (χ2n) is 8.74. The topological polar surface area (TPSA) is 103 Å². The number of amides is 1. The van der Waals surface area contributed by atoms with E-state index in [0.29, 0.717) is 43.6 Å². The number of pyridine rings is 1. The van der Waals surface area contributed by atoms with Crippen LogP contribution in [-0.4, -0.2) is 57.7 Å². The van der Waals surface area contributed by atoms with Gasteiger partial charge in [0.25, 0.3) is 0 Å². The highest BCUT2D eigenvalue weighted by atomic mass is 16.2. The summed E-state index contributed by atoms with van der Waals surface area (Å²) in [5, 5.41) is 7.37. The Morgan fingerprint density at radius 2 is 2.09 bits per heavy atom. The quantitative estimate of drug-likeness (QED) is 0.556. The summed E-state index contributed by atoms with van der Waals surface area (Å²) in [5.41, 5.74) is 3.63. The molecule has 2 aliphatic rings. The van der Waals surface area contributed by atoms with Gasteiger partial charge in [-0.25, -0.2) is 4.98 Å². The lowest BCUT2D eigenvalue weighted by Crippen LogP contribution is -2.48. The molecule has 9 heteroatoms. The minimum absolute atomic E-state index is 0.0576. The van der Waals surface area contributed by atoms with E-state index in [9.17, 15) is 9.59 Å². The average Bonchev–Trinajstić information content (AvgIpc) is 3.21. The maximum Gasteiger partial charge on any atom is 0.239 e. The number of aldehydes is 1. The van der Waals surface area contributed by atoms with E-state index in [0.717, 1.165) is 28.3 Å². The lowest BCUT2D eigenvalue weighted by molar-refractivity contribution is -0.120. The van der Waals surface area contributed by atoms with Crippen LogP contribution < -0.4 is 15.5 Å². The number of nitrogens with zero attached hydrogens (tertiary/aromatic N) is 5. The van der Waals surface area contributed by atoms with Gasteiger partial charge in [0, 0.05) is 49.4 Å². The molecule has 0 saturated carbocycles. The van der Waals surface area contributed by atoms with Crippen LogP contribution in [0.2, 0.25) is 0 Å². The fourth-order valence-corrected chi connectivity index (χ4v) is 4.47. The molecule has 1 unspecified atom stereocenters. The molecule has 5 rings (SSSR count). The van der Waals surface area contributed by atoms with Crippen molar-refractivity contribution in [3.05, 3.63) is 53.3 Å². The summed E-state index contributed by atoms with van der Waals surface area (Å²) in [6.45, 7) is 6.63. The highest BCUT2D eigenvalue weighted by molar-refractivity contribution is 5.82. The second kappa shape index (κ2) is 8.74. The Morgan fingerprint density at radius 3 is 2.88 bits per heavy atom. The number of aromatic nitrogens is 3. The number of hydrogen-bond donors (Lipinski definition) is 2. The van der Waals surface area contributed by atoms with Crippen LogP contribution in [0, 0.1) is 0 Å². The predicted molar refractivity (Wildman–Crippen MR) is 126 cm³/mol. The standard InChI is InChI=1S/C24H27N7O2/c1-15(2)31-12-18-22(20(31)14-32)28-24(30-8-7-25-21(33)13-30)29-23(18)27-11-16-9-17-5-3-4-6-19(17)26-10-16/h3-6,9-10,14-15,20H,7-8,11-13H2,1-2H3,(H,25,33)(H,27,28,29). The van der Waals surface area contributed by atoms with Crippen molar-refractivity contribution >= 4 is 34.9 Å². The van der Waals surface area contributed by atoms with Gasteiger partial charge in [-0.2, -0.15) is 4.98 Å². The zero-order valence-electron chi connectivity index (χ0n) is 18.8. The van der Waals surface area contributed by atoms with Crippen molar-refractivity contribution < 1.29 is 9.59 Å². The molecule has 1 fully saturated rings. The summed E-state index contributed by atoms with van der Waals surface area (Å²) in [6, 6.07) is 9.87. The van der Waals surface area contributed by atoms with Gasteiger partial charge in [0.15, 0.2) is 0 Å². The van der Waals surface area contributed by atoms with Gasteiger partial charge in [0.05, 0.1) is 17.8 Å². The van der Waals surface area contributed by atoms with Gasteiger partial charge >= 0.3 is 0 Å². The molecule has 170 valence electrons. The number of para-hydroxylation sites is 1. The number of anilines is 2. The van der Waals surface area contributed by atoms with Crippen LogP contribution in [0.25, 0.3) is 10.9 Å². The van der Waals surface area contributed by atoms with E-state index in [2.05, 4.69) is 40.4 Å². The fraction of sp³-hybridized carbons (Fsp3) is 0.375. The summed E-state index contributed by atoms with van der Waals surface area (Å²) >= 11 is 0. The molecule has 4 heterocycles. The Kier molecular flexibility index (Phi) is 5.63. The van der Waals surface area contributed by atoms with Crippen LogP contribution in [-0.2, 0) is 22.7 Å². The van der Waals surface area contributed by atoms with Gasteiger partial charge < -0.3 is 20.3 Å². The van der Waals surface area contributed by atoms with Crippen LogP contribution in [0.1, 0.15) is 36.7 Å². The van der Waals surface area contributed by atoms with Crippen molar-refractivity contribution in [2.45, 2.75) is 39.0 Å². The molecular weight excluding hydrogens is 418 g/mol. The molecule has 1 amide bonds. The monoisotopic (exact) mass is 445 g/mol. The number of hydrogen-bond acceptors (Lipinski definition) is 8. The van der Waals surface area contributed by atoms with Gasteiger partial charge in [0.2, 0.25) is 11.9 Å². The van der Waals surface area contributed by atoms with Gasteiger partial charge in [-0.15, -0.1) is 0 Å². The van der Waals surface area contributed by atoms with Crippen molar-refractivity contribution in [1.82, 2.24) is 25.2 Å². The molecular formula is C24H27N7O2. The first-order valence-corrected chi connectivity index (χ1v) is 11.2. The molecule has 1 atom stereocenters. The normalized spacial score (nSPS) is 18.5. The van der Waals surface area contributed by atoms with Crippen molar-refractivity contribution in [3.8, 4) is 0 Å². The summed E-state index contributed by atoms with van der Waals surface area (Å²) in [5.74, 6) is 1.11. The maximum atomic E-state index is 12.0. The van der Waals surface area contributed by atoms with Crippen molar-refractivity contribution in [2.24, 2.45) is 0 Å². The highest BCUT2D eigenvalue weighted by Crippen LogP contribution is 2.37. The van der Waals surface area contributed by atoms with Gasteiger partial charge in [-0.3, -0.25) is 14.7 Å². The van der Waals surface area contributed by atoms with E-state index >= 15 is 0 Å². The second-order valence-corrected chi connectivity index (χ2v) is 8.74. The molecule has 3 aromatic rings. The number of benzene rings is 1. The summed E-state index contributed by atoms with van der Waals surface area (Å²) in [4.78, 5) is 42.1. The number of rotatable bonds is 6. The molecule has 2 N–H and O–H groups in total. The van der Waals surface area contributed by atoms with E-state index in [4.69, 9.17) is 9.97 Å². The minimum Gasteiger partial charge on any atom is -0.365 e. The summed E-state index contributed by atoms with van der Waals surface area (Å²) < 4.78 is 0. The molecule has 1 aromatic carbocycles. The fourth-order valence-electron chi connectivity index (χ4n) is 4.47. The number of piperazine rings is 1. The van der Waals surface area contributed by atoms with Crippen molar-refractivity contribution in [2.75, 3.05) is 29.9 Å². The number of nitrogens with one attached hydrogen (secondary N) is 2. The number of fused-ring (bicyclic) bond motifs is 2. The molecule has 33 heavy (non-hydrogen) atoms. The Labute approximate surface area is 192 Å². The van der Waals surface area contributed by atoms with Crippen LogP contribution in [0.5, 0.6) is 0 Å². The first-order valence-electron chi connectivity index (χ1n) is 11.2. The van der Waals surface area contributed by atoms with Gasteiger partial charge in [-0.05, 0) is 31.5 Å². The highest BCUT2D eigenvalue weighted by Gasteiger charge is 2.36. The summed E-state index contributed by atoms with van der Waals surface area (Å²) in [7, 11) is 0. The average molecular weight is 446 g/mol. The van der Waals surface area contributed by atoms with E-state index in [-0.39, 0.29) is 18.5 Å². The minimum atomic E-state index is -0.428. The first kappa shape index (κ1) is 21.3. The smallest absolute Gasteiger partial charge is 0.239 e. The predicted octanol–water partition coefficient (Wildman–Crippen LogP) is 2.04. The molecule has 0 bridgehead atoms. The zero-order chi connectivity index (χ0) is 22.9. The Morgan fingerprint density at radius 1 is 1.24 bits per heavy atom. The zero-order valence-corrected chi connectivity index (χ0v) is 18.8. The lowest BCUT2D eigenvalue weighted by Gasteiger charge is -2.27.